The minimum absolute atomic E-state index is 0.0534. The Morgan fingerprint density at radius 3 is 2.58 bits per heavy atom. The average molecular weight is 389 g/mol. The molecule has 1 amide bonds. The van der Waals surface area contributed by atoms with Crippen LogP contribution < -0.4 is 5.32 Å². The van der Waals surface area contributed by atoms with Gasteiger partial charge in [0.2, 0.25) is 0 Å². The van der Waals surface area contributed by atoms with Gasteiger partial charge in [0.25, 0.3) is 5.91 Å². The van der Waals surface area contributed by atoms with Crippen LogP contribution in [0.1, 0.15) is 10.4 Å². The summed E-state index contributed by atoms with van der Waals surface area (Å²) in [7, 11) is 0. The third-order valence-electron chi connectivity index (χ3n) is 2.38. The molecule has 0 saturated heterocycles. The summed E-state index contributed by atoms with van der Waals surface area (Å²) in [4.78, 5) is 11.9. The number of benzene rings is 2. The number of anilines is 1. The molecule has 0 radical (unpaired) electrons. The topological polar surface area (TPSA) is 49.3 Å². The van der Waals surface area contributed by atoms with Gasteiger partial charge >= 0.3 is 0 Å². The third-order valence-corrected chi connectivity index (χ3v) is 3.55. The molecule has 0 bridgehead atoms. The highest BCUT2D eigenvalue weighted by Gasteiger charge is 2.11. The standard InChI is InChI=1S/C13H8Br2FNO2/c14-8-2-4-10(16)11(6-8)17-13(19)7-1-3-9(15)12(18)5-7/h1-6,18H,(H,17,19). The van der Waals surface area contributed by atoms with Crippen LogP contribution in [0.5, 0.6) is 5.75 Å². The summed E-state index contributed by atoms with van der Waals surface area (Å²) in [5.74, 6) is -1.08. The number of carbonyl (C=O) groups excluding carboxylic acids is 1. The average Bonchev–Trinajstić information content (AvgIpc) is 2.37. The molecule has 2 rings (SSSR count). The van der Waals surface area contributed by atoms with E-state index >= 15 is 0 Å². The number of aromatic hydroxyl groups is 1. The maximum atomic E-state index is 13.5. The van der Waals surface area contributed by atoms with E-state index in [2.05, 4.69) is 37.2 Å². The maximum absolute atomic E-state index is 13.5. The lowest BCUT2D eigenvalue weighted by molar-refractivity contribution is 0.102. The van der Waals surface area contributed by atoms with E-state index in [-0.39, 0.29) is 17.0 Å². The van der Waals surface area contributed by atoms with Crippen LogP contribution in [0, 0.1) is 5.82 Å². The van der Waals surface area contributed by atoms with Crippen LogP contribution in [0.3, 0.4) is 0 Å². The van der Waals surface area contributed by atoms with Gasteiger partial charge < -0.3 is 10.4 Å². The van der Waals surface area contributed by atoms with Crippen LogP contribution in [0.4, 0.5) is 10.1 Å². The molecule has 0 aliphatic carbocycles. The summed E-state index contributed by atoms with van der Waals surface area (Å²) >= 11 is 6.32. The van der Waals surface area contributed by atoms with Crippen molar-refractivity contribution >= 4 is 43.5 Å². The number of hydrogen-bond acceptors (Lipinski definition) is 2. The Balaban J connectivity index is 2.25. The van der Waals surface area contributed by atoms with E-state index in [9.17, 15) is 14.3 Å². The summed E-state index contributed by atoms with van der Waals surface area (Å²) in [5, 5.41) is 11.9. The van der Waals surface area contributed by atoms with Crippen molar-refractivity contribution in [2.24, 2.45) is 0 Å². The molecule has 98 valence electrons. The zero-order chi connectivity index (χ0) is 14.0. The van der Waals surface area contributed by atoms with Gasteiger partial charge in [0, 0.05) is 10.0 Å². The van der Waals surface area contributed by atoms with Gasteiger partial charge in [-0.25, -0.2) is 4.39 Å². The number of amides is 1. The fourth-order valence-electron chi connectivity index (χ4n) is 1.44. The lowest BCUT2D eigenvalue weighted by atomic mass is 10.2. The molecular weight excluding hydrogens is 381 g/mol. The smallest absolute Gasteiger partial charge is 0.255 e. The first kappa shape index (κ1) is 14.0. The second kappa shape index (κ2) is 5.71. The number of nitrogens with one attached hydrogen (secondary N) is 1. The molecule has 0 saturated carbocycles. The SMILES string of the molecule is O=C(Nc1cc(Br)ccc1F)c1ccc(Br)c(O)c1. The van der Waals surface area contributed by atoms with Gasteiger partial charge in [-0.15, -0.1) is 0 Å². The molecular formula is C13H8Br2FNO2. The zero-order valence-corrected chi connectivity index (χ0v) is 12.6. The normalized spacial score (nSPS) is 10.3. The molecule has 0 unspecified atom stereocenters. The molecule has 6 heteroatoms. The molecule has 0 aromatic heterocycles. The van der Waals surface area contributed by atoms with Gasteiger partial charge in [-0.1, -0.05) is 15.9 Å². The molecule has 0 fully saturated rings. The zero-order valence-electron chi connectivity index (χ0n) is 9.45. The largest absolute Gasteiger partial charge is 0.507 e. The minimum Gasteiger partial charge on any atom is -0.507 e. The summed E-state index contributed by atoms with van der Waals surface area (Å²) in [6, 6.07) is 8.62. The van der Waals surface area contributed by atoms with Gasteiger partial charge in [0.1, 0.15) is 11.6 Å². The van der Waals surface area contributed by atoms with E-state index in [4.69, 9.17) is 0 Å². The summed E-state index contributed by atoms with van der Waals surface area (Å²) in [6.45, 7) is 0. The van der Waals surface area contributed by atoms with Crippen molar-refractivity contribution in [3.8, 4) is 5.75 Å². The summed E-state index contributed by atoms with van der Waals surface area (Å²) in [6.07, 6.45) is 0. The first-order chi connectivity index (χ1) is 8.97. The van der Waals surface area contributed by atoms with E-state index in [1.54, 1.807) is 6.07 Å². The van der Waals surface area contributed by atoms with Crippen LogP contribution in [0.25, 0.3) is 0 Å². The summed E-state index contributed by atoms with van der Waals surface area (Å²) in [5.41, 5.74) is 0.307. The number of carbonyl (C=O) groups is 1. The number of phenols is 1. The lowest BCUT2D eigenvalue weighted by Crippen LogP contribution is -2.12. The van der Waals surface area contributed by atoms with Crippen molar-refractivity contribution in [3.63, 3.8) is 0 Å². The van der Waals surface area contributed by atoms with Crippen molar-refractivity contribution in [2.75, 3.05) is 5.32 Å². The molecule has 0 spiro atoms. The van der Waals surface area contributed by atoms with Crippen LogP contribution in [0.15, 0.2) is 45.3 Å². The van der Waals surface area contributed by atoms with E-state index in [0.717, 1.165) is 0 Å². The monoisotopic (exact) mass is 387 g/mol. The first-order valence-corrected chi connectivity index (χ1v) is 6.81. The van der Waals surface area contributed by atoms with Gasteiger partial charge in [-0.05, 0) is 52.3 Å². The molecule has 19 heavy (non-hydrogen) atoms. The maximum Gasteiger partial charge on any atom is 0.255 e. The Kier molecular flexibility index (Phi) is 4.21. The van der Waals surface area contributed by atoms with Crippen LogP contribution in [0.2, 0.25) is 0 Å². The van der Waals surface area contributed by atoms with Gasteiger partial charge in [0.15, 0.2) is 0 Å². The first-order valence-electron chi connectivity index (χ1n) is 5.22. The third kappa shape index (κ3) is 3.33. The Hall–Kier alpha value is -1.40. The Labute approximate surface area is 125 Å². The molecule has 3 nitrogen and oxygen atoms in total. The lowest BCUT2D eigenvalue weighted by Gasteiger charge is -2.07. The molecule has 0 heterocycles. The van der Waals surface area contributed by atoms with Crippen LogP contribution >= 0.6 is 31.9 Å². The highest BCUT2D eigenvalue weighted by atomic mass is 79.9. The molecule has 2 aromatic rings. The van der Waals surface area contributed by atoms with Crippen molar-refractivity contribution in [3.05, 3.63) is 56.7 Å². The highest BCUT2D eigenvalue weighted by Crippen LogP contribution is 2.25. The Morgan fingerprint density at radius 1 is 1.16 bits per heavy atom. The van der Waals surface area contributed by atoms with Gasteiger partial charge in [-0.2, -0.15) is 0 Å². The number of halogens is 3. The van der Waals surface area contributed by atoms with E-state index in [0.29, 0.717) is 8.95 Å². The second-order valence-corrected chi connectivity index (χ2v) is 5.51. The van der Waals surface area contributed by atoms with Crippen molar-refractivity contribution in [2.45, 2.75) is 0 Å². The highest BCUT2D eigenvalue weighted by molar-refractivity contribution is 9.10. The Morgan fingerprint density at radius 2 is 1.89 bits per heavy atom. The van der Waals surface area contributed by atoms with Crippen LogP contribution in [-0.2, 0) is 0 Å². The minimum atomic E-state index is -0.530. The predicted molar refractivity (Wildman–Crippen MR) is 77.9 cm³/mol. The van der Waals surface area contributed by atoms with E-state index in [1.165, 1.54) is 30.3 Å². The van der Waals surface area contributed by atoms with Crippen molar-refractivity contribution < 1.29 is 14.3 Å². The second-order valence-electron chi connectivity index (χ2n) is 3.74. The van der Waals surface area contributed by atoms with Crippen LogP contribution in [-0.4, -0.2) is 11.0 Å². The fraction of sp³-hybridized carbons (Fsp3) is 0. The predicted octanol–water partition coefficient (Wildman–Crippen LogP) is 4.31. The molecule has 0 aliphatic heterocycles. The number of rotatable bonds is 2. The number of phenolic OH excluding ortho intramolecular Hbond substituents is 1. The summed E-state index contributed by atoms with van der Waals surface area (Å²) < 4.78 is 14.6. The van der Waals surface area contributed by atoms with E-state index in [1.807, 2.05) is 0 Å². The van der Waals surface area contributed by atoms with Gasteiger partial charge in [-0.3, -0.25) is 4.79 Å². The number of hydrogen-bond donors (Lipinski definition) is 2. The van der Waals surface area contributed by atoms with Crippen molar-refractivity contribution in [1.82, 2.24) is 0 Å². The fourth-order valence-corrected chi connectivity index (χ4v) is 2.05. The van der Waals surface area contributed by atoms with E-state index < -0.39 is 11.7 Å². The molecule has 2 aromatic carbocycles. The quantitative estimate of drug-likeness (QED) is 0.805. The van der Waals surface area contributed by atoms with Crippen molar-refractivity contribution in [1.29, 1.82) is 0 Å². The van der Waals surface area contributed by atoms with Gasteiger partial charge in [0.05, 0.1) is 10.2 Å². The molecule has 0 atom stereocenters. The Bertz CT molecular complexity index is 647. The molecule has 0 aliphatic rings. The molecule has 2 N–H and O–H groups in total.